The summed E-state index contributed by atoms with van der Waals surface area (Å²) in [6, 6.07) is 15.9. The van der Waals surface area contributed by atoms with Crippen molar-refractivity contribution >= 4 is 22.7 Å². The zero-order chi connectivity index (χ0) is 16.9. The Morgan fingerprint density at radius 3 is 2.71 bits per heavy atom. The van der Waals surface area contributed by atoms with Gasteiger partial charge in [-0.05, 0) is 48.4 Å². The fourth-order valence-corrected chi connectivity index (χ4v) is 2.39. The molecule has 0 unspecified atom stereocenters. The number of nitrogens with one attached hydrogen (secondary N) is 1. The molecule has 1 aromatic heterocycles. The zero-order valence-corrected chi connectivity index (χ0v) is 13.6. The predicted molar refractivity (Wildman–Crippen MR) is 96.4 cm³/mol. The summed E-state index contributed by atoms with van der Waals surface area (Å²) in [5.41, 5.74) is 4.47. The first-order valence-electron chi connectivity index (χ1n) is 7.59. The van der Waals surface area contributed by atoms with E-state index in [0.29, 0.717) is 11.4 Å². The quantitative estimate of drug-likeness (QED) is 0.569. The lowest BCUT2D eigenvalue weighted by Crippen LogP contribution is -1.83. The summed E-state index contributed by atoms with van der Waals surface area (Å²) < 4.78 is 5.13. The molecule has 0 amide bonds. The molecule has 0 spiro atoms. The third-order valence-electron chi connectivity index (χ3n) is 3.68. The second-order valence-electron chi connectivity index (χ2n) is 5.43. The van der Waals surface area contributed by atoms with Gasteiger partial charge in [-0.15, -0.1) is 0 Å². The molecule has 0 saturated heterocycles. The Bertz CT molecular complexity index is 957. The molecule has 3 aromatic rings. The highest BCUT2D eigenvalue weighted by molar-refractivity contribution is 5.83. The third kappa shape index (κ3) is 3.36. The van der Waals surface area contributed by atoms with Gasteiger partial charge in [0.05, 0.1) is 23.7 Å². The van der Waals surface area contributed by atoms with E-state index in [2.05, 4.69) is 16.0 Å². The molecular formula is C20H17N3O. The van der Waals surface area contributed by atoms with Gasteiger partial charge in [0.15, 0.2) is 0 Å². The largest absolute Gasteiger partial charge is 0.497 e. The fraction of sp³-hybridized carbons (Fsp3) is 0.100. The van der Waals surface area contributed by atoms with Gasteiger partial charge < -0.3 is 9.72 Å². The predicted octanol–water partition coefficient (Wildman–Crippen LogP) is 4.50. The van der Waals surface area contributed by atoms with Crippen LogP contribution >= 0.6 is 0 Å². The number of H-pyrrole nitrogens is 1. The standard InChI is InChI=1S/C20H17N3O/c1-14-6-11-18-19(12-14)23-20(22-18)16(13-21)5-3-4-15-7-9-17(24-2)10-8-15/h3-12H,1-2H3,(H,22,23). The number of nitrogens with zero attached hydrogens (tertiary/aromatic N) is 2. The first-order chi connectivity index (χ1) is 11.7. The summed E-state index contributed by atoms with van der Waals surface area (Å²) in [6.45, 7) is 2.03. The number of rotatable bonds is 4. The number of hydrogen-bond donors (Lipinski definition) is 1. The molecule has 0 radical (unpaired) electrons. The van der Waals surface area contributed by atoms with Crippen molar-refractivity contribution in [2.75, 3.05) is 7.11 Å². The number of nitriles is 1. The normalized spacial score (nSPS) is 11.8. The lowest BCUT2D eigenvalue weighted by molar-refractivity contribution is 0.415. The van der Waals surface area contributed by atoms with Crippen LogP contribution in [0.5, 0.6) is 5.75 Å². The van der Waals surface area contributed by atoms with Crippen LogP contribution in [0.1, 0.15) is 17.0 Å². The molecule has 0 bridgehead atoms. The minimum Gasteiger partial charge on any atom is -0.497 e. The van der Waals surface area contributed by atoms with Crippen molar-refractivity contribution in [1.82, 2.24) is 9.97 Å². The highest BCUT2D eigenvalue weighted by Crippen LogP contribution is 2.18. The minimum absolute atomic E-state index is 0.494. The van der Waals surface area contributed by atoms with Crippen LogP contribution in [0.2, 0.25) is 0 Å². The second-order valence-corrected chi connectivity index (χ2v) is 5.43. The molecule has 0 fully saturated rings. The first-order valence-corrected chi connectivity index (χ1v) is 7.59. The van der Waals surface area contributed by atoms with E-state index >= 15 is 0 Å². The Hall–Kier alpha value is -3.32. The van der Waals surface area contributed by atoms with Gasteiger partial charge in [-0.2, -0.15) is 5.26 Å². The summed E-state index contributed by atoms with van der Waals surface area (Å²) in [5.74, 6) is 1.40. The van der Waals surface area contributed by atoms with Gasteiger partial charge in [0, 0.05) is 0 Å². The van der Waals surface area contributed by atoms with Gasteiger partial charge in [-0.25, -0.2) is 4.98 Å². The van der Waals surface area contributed by atoms with Crippen molar-refractivity contribution < 1.29 is 4.74 Å². The molecule has 0 aliphatic rings. The molecule has 3 rings (SSSR count). The number of aromatic nitrogens is 2. The van der Waals surface area contributed by atoms with E-state index in [1.165, 1.54) is 0 Å². The van der Waals surface area contributed by atoms with Gasteiger partial charge in [0.1, 0.15) is 17.6 Å². The topological polar surface area (TPSA) is 61.7 Å². The maximum atomic E-state index is 9.40. The zero-order valence-electron chi connectivity index (χ0n) is 13.6. The summed E-state index contributed by atoms with van der Waals surface area (Å²) in [4.78, 5) is 7.68. The molecule has 2 aromatic carbocycles. The molecule has 0 atom stereocenters. The van der Waals surface area contributed by atoms with Crippen LogP contribution in [0.25, 0.3) is 22.7 Å². The number of hydrogen-bond acceptors (Lipinski definition) is 3. The van der Waals surface area contributed by atoms with E-state index in [1.807, 2.05) is 61.5 Å². The van der Waals surface area contributed by atoms with Crippen LogP contribution in [0, 0.1) is 18.3 Å². The molecule has 24 heavy (non-hydrogen) atoms. The Kier molecular flexibility index (Phi) is 4.44. The first kappa shape index (κ1) is 15.6. The van der Waals surface area contributed by atoms with E-state index in [9.17, 15) is 5.26 Å². The molecule has 4 heteroatoms. The number of aromatic amines is 1. The molecule has 1 N–H and O–H groups in total. The van der Waals surface area contributed by atoms with Crippen molar-refractivity contribution in [2.45, 2.75) is 6.92 Å². The lowest BCUT2D eigenvalue weighted by atomic mass is 10.2. The van der Waals surface area contributed by atoms with Gasteiger partial charge in [0.2, 0.25) is 0 Å². The third-order valence-corrected chi connectivity index (χ3v) is 3.68. The van der Waals surface area contributed by atoms with Crippen molar-refractivity contribution in [3.05, 3.63) is 71.6 Å². The number of methoxy groups -OCH3 is 1. The van der Waals surface area contributed by atoms with Gasteiger partial charge in [-0.3, -0.25) is 0 Å². The van der Waals surface area contributed by atoms with E-state index < -0.39 is 0 Å². The molecule has 0 aliphatic carbocycles. The van der Waals surface area contributed by atoms with Crippen molar-refractivity contribution in [2.24, 2.45) is 0 Å². The SMILES string of the molecule is COc1ccc(C=CC=C(C#N)c2nc3ccc(C)cc3[nH]2)cc1. The number of benzene rings is 2. The van der Waals surface area contributed by atoms with Crippen molar-refractivity contribution in [3.8, 4) is 11.8 Å². The van der Waals surface area contributed by atoms with Crippen LogP contribution in [0.3, 0.4) is 0 Å². The summed E-state index contributed by atoms with van der Waals surface area (Å²) in [5, 5.41) is 9.40. The summed E-state index contributed by atoms with van der Waals surface area (Å²) in [7, 11) is 1.64. The highest BCUT2D eigenvalue weighted by Gasteiger charge is 2.06. The smallest absolute Gasteiger partial charge is 0.149 e. The monoisotopic (exact) mass is 315 g/mol. The molecule has 0 aliphatic heterocycles. The van der Waals surface area contributed by atoms with Gasteiger partial charge in [-0.1, -0.05) is 30.4 Å². The molecule has 1 heterocycles. The average molecular weight is 315 g/mol. The number of imidazole rings is 1. The van der Waals surface area contributed by atoms with Crippen LogP contribution < -0.4 is 4.74 Å². The summed E-state index contributed by atoms with van der Waals surface area (Å²) >= 11 is 0. The highest BCUT2D eigenvalue weighted by atomic mass is 16.5. The van der Waals surface area contributed by atoms with E-state index in [-0.39, 0.29) is 0 Å². The molecular weight excluding hydrogens is 298 g/mol. The minimum atomic E-state index is 0.494. The lowest BCUT2D eigenvalue weighted by Gasteiger charge is -1.98. The van der Waals surface area contributed by atoms with E-state index in [0.717, 1.165) is 27.9 Å². The van der Waals surface area contributed by atoms with Crippen LogP contribution in [0.15, 0.2) is 54.6 Å². The summed E-state index contributed by atoms with van der Waals surface area (Å²) in [6.07, 6.45) is 5.54. The maximum absolute atomic E-state index is 9.40. The van der Waals surface area contributed by atoms with Crippen molar-refractivity contribution in [1.29, 1.82) is 5.26 Å². The maximum Gasteiger partial charge on any atom is 0.149 e. The number of ether oxygens (including phenoxy) is 1. The van der Waals surface area contributed by atoms with Gasteiger partial charge >= 0.3 is 0 Å². The molecule has 0 saturated carbocycles. The average Bonchev–Trinajstić information content (AvgIpc) is 3.02. The Labute approximate surface area is 140 Å². The van der Waals surface area contributed by atoms with E-state index in [1.54, 1.807) is 13.2 Å². The van der Waals surface area contributed by atoms with Crippen LogP contribution in [0.4, 0.5) is 0 Å². The Morgan fingerprint density at radius 1 is 1.21 bits per heavy atom. The molecule has 118 valence electrons. The van der Waals surface area contributed by atoms with Crippen LogP contribution in [-0.4, -0.2) is 17.1 Å². The van der Waals surface area contributed by atoms with E-state index in [4.69, 9.17) is 4.74 Å². The fourth-order valence-electron chi connectivity index (χ4n) is 2.39. The number of aryl methyl sites for hydroxylation is 1. The number of allylic oxidation sites excluding steroid dienone is 3. The van der Waals surface area contributed by atoms with Gasteiger partial charge in [0.25, 0.3) is 0 Å². The molecule has 4 nitrogen and oxygen atoms in total. The van der Waals surface area contributed by atoms with Crippen molar-refractivity contribution in [3.63, 3.8) is 0 Å². The van der Waals surface area contributed by atoms with Crippen LogP contribution in [-0.2, 0) is 0 Å². The Balaban J connectivity index is 1.85. The number of fused-ring (bicyclic) bond motifs is 1. The second kappa shape index (κ2) is 6.84. The Morgan fingerprint density at radius 2 is 2.00 bits per heavy atom.